The summed E-state index contributed by atoms with van der Waals surface area (Å²) in [4.78, 5) is 16.0. The minimum absolute atomic E-state index is 0. The second kappa shape index (κ2) is 12.5. The molecule has 2 aromatic carbocycles. The smallest absolute Gasteiger partial charge is 0.222 e. The molecule has 2 rings (SSSR count). The van der Waals surface area contributed by atoms with E-state index in [2.05, 4.69) is 20.9 Å². The van der Waals surface area contributed by atoms with E-state index in [9.17, 15) is 4.79 Å². The van der Waals surface area contributed by atoms with E-state index in [1.54, 1.807) is 7.05 Å². The number of carbonyl (C=O) groups excluding carboxylic acids is 1. The molecule has 0 aliphatic carbocycles. The first-order valence-electron chi connectivity index (χ1n) is 8.17. The fraction of sp³-hybridized carbons (Fsp3) is 0.263. The third kappa shape index (κ3) is 8.05. The Hall–Kier alpha value is -1.80. The summed E-state index contributed by atoms with van der Waals surface area (Å²) >= 11 is 6.13. The fourth-order valence-corrected chi connectivity index (χ4v) is 2.42. The maximum atomic E-state index is 11.9. The molecule has 0 spiro atoms. The SMILES string of the molecule is CN=C(NCCC(=O)NCc1ccccc1)NCc1ccccc1Cl.I. The summed E-state index contributed by atoms with van der Waals surface area (Å²) in [5.74, 6) is 0.633. The van der Waals surface area contributed by atoms with Gasteiger partial charge < -0.3 is 16.0 Å². The van der Waals surface area contributed by atoms with Crippen molar-refractivity contribution in [2.75, 3.05) is 13.6 Å². The second-order valence-electron chi connectivity index (χ2n) is 5.46. The largest absolute Gasteiger partial charge is 0.356 e. The molecule has 0 fully saturated rings. The molecule has 0 saturated carbocycles. The van der Waals surface area contributed by atoms with E-state index < -0.39 is 0 Å². The van der Waals surface area contributed by atoms with Gasteiger partial charge in [0.2, 0.25) is 5.91 Å². The number of aliphatic imine (C=N–C) groups is 1. The molecule has 1 amide bonds. The zero-order valence-corrected chi connectivity index (χ0v) is 17.8. The summed E-state index contributed by atoms with van der Waals surface area (Å²) in [7, 11) is 1.69. The van der Waals surface area contributed by atoms with Gasteiger partial charge in [-0.15, -0.1) is 24.0 Å². The van der Waals surface area contributed by atoms with Crippen molar-refractivity contribution in [2.45, 2.75) is 19.5 Å². The number of nitrogens with zero attached hydrogens (tertiary/aromatic N) is 1. The fourth-order valence-electron chi connectivity index (χ4n) is 2.22. The van der Waals surface area contributed by atoms with Crippen LogP contribution in [0.15, 0.2) is 59.6 Å². The summed E-state index contributed by atoms with van der Waals surface area (Å²) in [5.41, 5.74) is 2.08. The topological polar surface area (TPSA) is 65.5 Å². The van der Waals surface area contributed by atoms with E-state index >= 15 is 0 Å². The Balaban J connectivity index is 0.00000338. The molecule has 0 aliphatic heterocycles. The minimum atomic E-state index is -0.00194. The molecule has 26 heavy (non-hydrogen) atoms. The van der Waals surface area contributed by atoms with Gasteiger partial charge in [-0.05, 0) is 17.2 Å². The van der Waals surface area contributed by atoms with Crippen LogP contribution in [0.3, 0.4) is 0 Å². The van der Waals surface area contributed by atoms with Gasteiger partial charge in [0.1, 0.15) is 0 Å². The van der Waals surface area contributed by atoms with Gasteiger partial charge in [0.25, 0.3) is 0 Å². The lowest BCUT2D eigenvalue weighted by molar-refractivity contribution is -0.121. The highest BCUT2D eigenvalue weighted by Crippen LogP contribution is 2.14. The predicted octanol–water partition coefficient (Wildman–Crippen LogP) is 3.33. The molecule has 0 aromatic heterocycles. The number of guanidine groups is 1. The molecule has 0 heterocycles. The lowest BCUT2D eigenvalue weighted by Crippen LogP contribution is -2.38. The minimum Gasteiger partial charge on any atom is -0.356 e. The number of nitrogens with one attached hydrogen (secondary N) is 3. The van der Waals surface area contributed by atoms with Crippen molar-refractivity contribution in [3.8, 4) is 0 Å². The highest BCUT2D eigenvalue weighted by Gasteiger charge is 2.04. The van der Waals surface area contributed by atoms with Crippen LogP contribution in [0.2, 0.25) is 5.02 Å². The lowest BCUT2D eigenvalue weighted by atomic mass is 10.2. The molecule has 0 atom stereocenters. The highest BCUT2D eigenvalue weighted by molar-refractivity contribution is 14.0. The molecule has 3 N–H and O–H groups in total. The van der Waals surface area contributed by atoms with Crippen molar-refractivity contribution in [3.05, 3.63) is 70.7 Å². The highest BCUT2D eigenvalue weighted by atomic mass is 127. The van der Waals surface area contributed by atoms with Crippen LogP contribution in [0.4, 0.5) is 0 Å². The van der Waals surface area contributed by atoms with Crippen molar-refractivity contribution in [3.63, 3.8) is 0 Å². The summed E-state index contributed by atoms with van der Waals surface area (Å²) in [5, 5.41) is 9.92. The van der Waals surface area contributed by atoms with Crippen LogP contribution in [-0.4, -0.2) is 25.5 Å². The Labute approximate surface area is 176 Å². The van der Waals surface area contributed by atoms with Gasteiger partial charge in [-0.2, -0.15) is 0 Å². The molecular weight excluding hydrogens is 463 g/mol. The van der Waals surface area contributed by atoms with Crippen LogP contribution in [0, 0.1) is 0 Å². The summed E-state index contributed by atoms with van der Waals surface area (Å²) in [6, 6.07) is 17.5. The third-order valence-electron chi connectivity index (χ3n) is 3.60. The van der Waals surface area contributed by atoms with E-state index in [1.807, 2.05) is 54.6 Å². The van der Waals surface area contributed by atoms with E-state index in [0.717, 1.165) is 11.1 Å². The number of hydrogen-bond acceptors (Lipinski definition) is 2. The Kier molecular flexibility index (Phi) is 10.7. The van der Waals surface area contributed by atoms with Crippen LogP contribution in [0.5, 0.6) is 0 Å². The zero-order chi connectivity index (χ0) is 17.9. The number of benzene rings is 2. The maximum Gasteiger partial charge on any atom is 0.222 e. The van der Waals surface area contributed by atoms with Gasteiger partial charge in [-0.25, -0.2) is 0 Å². The number of hydrogen-bond donors (Lipinski definition) is 3. The monoisotopic (exact) mass is 486 g/mol. The van der Waals surface area contributed by atoms with Crippen molar-refractivity contribution < 1.29 is 4.79 Å². The summed E-state index contributed by atoms with van der Waals surface area (Å²) < 4.78 is 0. The molecule has 0 aliphatic rings. The van der Waals surface area contributed by atoms with Gasteiger partial charge >= 0.3 is 0 Å². The average Bonchev–Trinajstić information content (AvgIpc) is 2.65. The lowest BCUT2D eigenvalue weighted by Gasteiger charge is -2.12. The van der Waals surface area contributed by atoms with Crippen LogP contribution in [0.25, 0.3) is 0 Å². The normalized spacial score (nSPS) is 10.6. The van der Waals surface area contributed by atoms with Crippen LogP contribution in [-0.2, 0) is 17.9 Å². The van der Waals surface area contributed by atoms with Gasteiger partial charge in [0.05, 0.1) is 0 Å². The second-order valence-corrected chi connectivity index (χ2v) is 5.86. The molecule has 7 heteroatoms. The van der Waals surface area contributed by atoms with Crippen LogP contribution >= 0.6 is 35.6 Å². The van der Waals surface area contributed by atoms with Crippen molar-refractivity contribution in [1.29, 1.82) is 0 Å². The van der Waals surface area contributed by atoms with Crippen LogP contribution in [0.1, 0.15) is 17.5 Å². The first-order valence-corrected chi connectivity index (χ1v) is 8.55. The molecule has 0 radical (unpaired) electrons. The molecular formula is C19H24ClIN4O. The molecule has 5 nitrogen and oxygen atoms in total. The van der Waals surface area contributed by atoms with Crippen LogP contribution < -0.4 is 16.0 Å². The Morgan fingerprint density at radius 2 is 1.65 bits per heavy atom. The first kappa shape index (κ1) is 22.2. The third-order valence-corrected chi connectivity index (χ3v) is 3.97. The number of amides is 1. The van der Waals surface area contributed by atoms with Gasteiger partial charge in [0.15, 0.2) is 5.96 Å². The van der Waals surface area contributed by atoms with E-state index in [1.165, 1.54) is 0 Å². The van der Waals surface area contributed by atoms with Gasteiger partial charge in [-0.1, -0.05) is 60.1 Å². The van der Waals surface area contributed by atoms with Crippen molar-refractivity contribution in [2.24, 2.45) is 4.99 Å². The Morgan fingerprint density at radius 1 is 0.962 bits per heavy atom. The van der Waals surface area contributed by atoms with Crippen molar-refractivity contribution >= 4 is 47.4 Å². The van der Waals surface area contributed by atoms with E-state index in [-0.39, 0.29) is 29.9 Å². The molecule has 0 saturated heterocycles. The Bertz CT molecular complexity index is 710. The zero-order valence-electron chi connectivity index (χ0n) is 14.7. The molecule has 140 valence electrons. The van der Waals surface area contributed by atoms with E-state index in [4.69, 9.17) is 11.6 Å². The average molecular weight is 487 g/mol. The standard InChI is InChI=1S/C19H23ClN4O.HI/c1-21-19(24-14-16-9-5-6-10-17(16)20)22-12-11-18(25)23-13-15-7-3-2-4-8-15;/h2-10H,11-14H2,1H3,(H,23,25)(H2,21,22,24);1H. The molecule has 0 unspecified atom stereocenters. The maximum absolute atomic E-state index is 11.9. The predicted molar refractivity (Wildman–Crippen MR) is 118 cm³/mol. The van der Waals surface area contributed by atoms with Gasteiger partial charge in [0, 0.05) is 38.1 Å². The Morgan fingerprint density at radius 3 is 2.35 bits per heavy atom. The van der Waals surface area contributed by atoms with Crippen molar-refractivity contribution in [1.82, 2.24) is 16.0 Å². The first-order chi connectivity index (χ1) is 12.2. The summed E-state index contributed by atoms with van der Waals surface area (Å²) in [6.07, 6.45) is 0.375. The van der Waals surface area contributed by atoms with E-state index in [0.29, 0.717) is 37.0 Å². The number of rotatable bonds is 7. The summed E-state index contributed by atoms with van der Waals surface area (Å²) in [6.45, 7) is 1.61. The molecule has 2 aromatic rings. The number of halogens is 2. The number of carbonyl (C=O) groups is 1. The van der Waals surface area contributed by atoms with Gasteiger partial charge in [-0.3, -0.25) is 9.79 Å². The quantitative estimate of drug-likeness (QED) is 0.320. The molecule has 0 bridgehead atoms.